The summed E-state index contributed by atoms with van der Waals surface area (Å²) in [5, 5.41) is 2.79. The minimum absolute atomic E-state index is 0.0670. The zero-order valence-electron chi connectivity index (χ0n) is 16.4. The Labute approximate surface area is 160 Å². The number of carbonyl (C=O) groups excluding carboxylic acids is 2. The van der Waals surface area contributed by atoms with Crippen LogP contribution in [-0.4, -0.2) is 24.9 Å². The van der Waals surface area contributed by atoms with Gasteiger partial charge in [-0.3, -0.25) is 9.59 Å². The standard InChI is InChI=1S/C22H27NO4/c1-5-6-22(25)23-18-9-10-20(19(14-18)17(4)24)26-11-12-27-21-13-15(2)7-8-16(21)3/h7-10,13-14H,5-6,11-12H2,1-4H3,(H,23,25). The molecule has 0 fully saturated rings. The van der Waals surface area contributed by atoms with Gasteiger partial charge >= 0.3 is 0 Å². The topological polar surface area (TPSA) is 64.6 Å². The van der Waals surface area contributed by atoms with E-state index in [0.29, 0.717) is 36.6 Å². The van der Waals surface area contributed by atoms with E-state index in [-0.39, 0.29) is 11.7 Å². The lowest BCUT2D eigenvalue weighted by Crippen LogP contribution is -2.13. The fourth-order valence-corrected chi connectivity index (χ4v) is 2.63. The van der Waals surface area contributed by atoms with E-state index in [9.17, 15) is 9.59 Å². The van der Waals surface area contributed by atoms with E-state index >= 15 is 0 Å². The predicted molar refractivity (Wildman–Crippen MR) is 107 cm³/mol. The minimum Gasteiger partial charge on any atom is -0.490 e. The summed E-state index contributed by atoms with van der Waals surface area (Å²) in [6.45, 7) is 8.12. The van der Waals surface area contributed by atoms with Crippen molar-refractivity contribution in [2.75, 3.05) is 18.5 Å². The van der Waals surface area contributed by atoms with Crippen LogP contribution >= 0.6 is 0 Å². The Morgan fingerprint density at radius 1 is 0.963 bits per heavy atom. The molecule has 0 spiro atoms. The SMILES string of the molecule is CCCC(=O)Nc1ccc(OCCOc2cc(C)ccc2C)c(C(C)=O)c1. The molecular weight excluding hydrogens is 342 g/mol. The van der Waals surface area contributed by atoms with Crippen molar-refractivity contribution in [3.8, 4) is 11.5 Å². The molecule has 0 radical (unpaired) electrons. The van der Waals surface area contributed by atoms with Gasteiger partial charge in [-0.2, -0.15) is 0 Å². The largest absolute Gasteiger partial charge is 0.490 e. The first-order valence-electron chi connectivity index (χ1n) is 9.18. The molecule has 27 heavy (non-hydrogen) atoms. The number of carbonyl (C=O) groups is 2. The first-order valence-corrected chi connectivity index (χ1v) is 9.18. The number of ether oxygens (including phenoxy) is 2. The molecule has 2 rings (SSSR count). The number of Topliss-reactive ketones (excluding diaryl/α,β-unsaturated/α-hetero) is 1. The molecule has 144 valence electrons. The molecule has 5 nitrogen and oxygen atoms in total. The molecule has 1 N–H and O–H groups in total. The lowest BCUT2D eigenvalue weighted by Gasteiger charge is -2.14. The summed E-state index contributed by atoms with van der Waals surface area (Å²) in [6, 6.07) is 11.1. The second kappa shape index (κ2) is 9.76. The zero-order chi connectivity index (χ0) is 19.8. The van der Waals surface area contributed by atoms with Gasteiger partial charge in [0.05, 0.1) is 5.56 Å². The van der Waals surface area contributed by atoms with E-state index < -0.39 is 0 Å². The molecule has 1 amide bonds. The highest BCUT2D eigenvalue weighted by molar-refractivity contribution is 5.99. The molecule has 0 aliphatic rings. The van der Waals surface area contributed by atoms with Crippen molar-refractivity contribution in [1.29, 1.82) is 0 Å². The van der Waals surface area contributed by atoms with Crippen molar-refractivity contribution in [3.63, 3.8) is 0 Å². The van der Waals surface area contributed by atoms with Gasteiger partial charge in [0, 0.05) is 12.1 Å². The Kier molecular flexibility index (Phi) is 7.41. The van der Waals surface area contributed by atoms with Crippen LogP contribution in [0.3, 0.4) is 0 Å². The van der Waals surface area contributed by atoms with E-state index in [1.165, 1.54) is 6.92 Å². The Morgan fingerprint density at radius 2 is 1.67 bits per heavy atom. The van der Waals surface area contributed by atoms with Crippen molar-refractivity contribution >= 4 is 17.4 Å². The second-order valence-corrected chi connectivity index (χ2v) is 6.53. The molecule has 5 heteroatoms. The predicted octanol–water partition coefficient (Wildman–Crippen LogP) is 4.70. The summed E-state index contributed by atoms with van der Waals surface area (Å²) in [4.78, 5) is 23.7. The number of rotatable bonds is 9. The fraction of sp³-hybridized carbons (Fsp3) is 0.364. The molecule has 0 aromatic heterocycles. The normalized spacial score (nSPS) is 10.4. The van der Waals surface area contributed by atoms with E-state index in [1.54, 1.807) is 18.2 Å². The molecule has 0 unspecified atom stereocenters. The Morgan fingerprint density at radius 3 is 2.33 bits per heavy atom. The highest BCUT2D eigenvalue weighted by atomic mass is 16.5. The number of nitrogens with one attached hydrogen (secondary N) is 1. The van der Waals surface area contributed by atoms with Gasteiger partial charge in [-0.15, -0.1) is 0 Å². The summed E-state index contributed by atoms with van der Waals surface area (Å²) in [7, 11) is 0. The van der Waals surface area contributed by atoms with E-state index in [0.717, 1.165) is 23.3 Å². The number of amides is 1. The summed E-state index contributed by atoms with van der Waals surface area (Å²) in [6.07, 6.45) is 1.22. The maximum Gasteiger partial charge on any atom is 0.224 e. The Bertz CT molecular complexity index is 814. The Balaban J connectivity index is 1.98. The quantitative estimate of drug-likeness (QED) is 0.514. The van der Waals surface area contributed by atoms with Crippen molar-refractivity contribution < 1.29 is 19.1 Å². The first-order chi connectivity index (χ1) is 12.9. The van der Waals surface area contributed by atoms with Gasteiger partial charge in [-0.1, -0.05) is 19.1 Å². The van der Waals surface area contributed by atoms with Gasteiger partial charge in [0.25, 0.3) is 0 Å². The van der Waals surface area contributed by atoms with Crippen LogP contribution in [0.4, 0.5) is 5.69 Å². The molecule has 0 bridgehead atoms. The molecule has 2 aromatic carbocycles. The lowest BCUT2D eigenvalue weighted by atomic mass is 10.1. The summed E-state index contributed by atoms with van der Waals surface area (Å²) < 4.78 is 11.5. The fourth-order valence-electron chi connectivity index (χ4n) is 2.63. The van der Waals surface area contributed by atoms with Crippen LogP contribution in [0.25, 0.3) is 0 Å². The molecule has 0 heterocycles. The number of ketones is 1. The number of anilines is 1. The first kappa shape index (κ1) is 20.5. The van der Waals surface area contributed by atoms with E-state index in [1.807, 2.05) is 39.0 Å². The van der Waals surface area contributed by atoms with Gasteiger partial charge < -0.3 is 14.8 Å². The number of aryl methyl sites for hydroxylation is 2. The third-order valence-corrected chi connectivity index (χ3v) is 4.06. The summed E-state index contributed by atoms with van der Waals surface area (Å²) >= 11 is 0. The molecule has 0 saturated carbocycles. The van der Waals surface area contributed by atoms with Crippen molar-refractivity contribution in [3.05, 3.63) is 53.1 Å². The second-order valence-electron chi connectivity index (χ2n) is 6.53. The number of benzene rings is 2. The highest BCUT2D eigenvalue weighted by Gasteiger charge is 2.11. The maximum absolute atomic E-state index is 11.9. The van der Waals surface area contributed by atoms with Gasteiger partial charge in [0.1, 0.15) is 24.7 Å². The van der Waals surface area contributed by atoms with Crippen LogP contribution in [-0.2, 0) is 4.79 Å². The minimum atomic E-state index is -0.118. The monoisotopic (exact) mass is 369 g/mol. The number of hydrogen-bond donors (Lipinski definition) is 1. The Hall–Kier alpha value is -2.82. The smallest absolute Gasteiger partial charge is 0.224 e. The van der Waals surface area contributed by atoms with Crippen molar-refractivity contribution in [2.45, 2.75) is 40.5 Å². The van der Waals surface area contributed by atoms with Gasteiger partial charge in [0.15, 0.2) is 5.78 Å². The van der Waals surface area contributed by atoms with Crippen LogP contribution in [0.2, 0.25) is 0 Å². The third kappa shape index (κ3) is 6.13. The van der Waals surface area contributed by atoms with Gasteiger partial charge in [-0.05, 0) is 62.6 Å². The maximum atomic E-state index is 11.9. The summed E-state index contributed by atoms with van der Waals surface area (Å²) in [5.74, 6) is 1.13. The lowest BCUT2D eigenvalue weighted by molar-refractivity contribution is -0.116. The molecule has 0 aliphatic heterocycles. The van der Waals surface area contributed by atoms with Crippen LogP contribution in [0.15, 0.2) is 36.4 Å². The van der Waals surface area contributed by atoms with E-state index in [2.05, 4.69) is 5.32 Å². The van der Waals surface area contributed by atoms with Crippen LogP contribution in [0, 0.1) is 13.8 Å². The summed E-state index contributed by atoms with van der Waals surface area (Å²) in [5.41, 5.74) is 3.24. The van der Waals surface area contributed by atoms with Crippen LogP contribution in [0.5, 0.6) is 11.5 Å². The molecule has 2 aromatic rings. The molecule has 0 saturated heterocycles. The van der Waals surface area contributed by atoms with Crippen molar-refractivity contribution in [1.82, 2.24) is 0 Å². The van der Waals surface area contributed by atoms with Crippen LogP contribution in [0.1, 0.15) is 48.2 Å². The van der Waals surface area contributed by atoms with Crippen molar-refractivity contribution in [2.24, 2.45) is 0 Å². The number of hydrogen-bond acceptors (Lipinski definition) is 4. The van der Waals surface area contributed by atoms with Gasteiger partial charge in [0.2, 0.25) is 5.91 Å². The third-order valence-electron chi connectivity index (χ3n) is 4.06. The molecule has 0 aliphatic carbocycles. The zero-order valence-corrected chi connectivity index (χ0v) is 16.4. The molecule has 0 atom stereocenters. The van der Waals surface area contributed by atoms with Crippen LogP contribution < -0.4 is 14.8 Å². The average molecular weight is 369 g/mol. The van der Waals surface area contributed by atoms with Gasteiger partial charge in [-0.25, -0.2) is 0 Å². The van der Waals surface area contributed by atoms with E-state index in [4.69, 9.17) is 9.47 Å². The average Bonchev–Trinajstić information content (AvgIpc) is 2.62. The molecular formula is C22H27NO4. The highest BCUT2D eigenvalue weighted by Crippen LogP contribution is 2.24.